The van der Waals surface area contributed by atoms with E-state index in [1.165, 1.54) is 12.1 Å². The minimum atomic E-state index is -4.33. The molecule has 0 aliphatic carbocycles. The van der Waals surface area contributed by atoms with Crippen molar-refractivity contribution in [2.24, 2.45) is 0 Å². The van der Waals surface area contributed by atoms with E-state index in [-0.39, 0.29) is 0 Å². The number of pyridine rings is 1. The summed E-state index contributed by atoms with van der Waals surface area (Å²) in [5, 5.41) is 0. The molecule has 4 aromatic rings. The number of alkyl halides is 3. The fourth-order valence-corrected chi connectivity index (χ4v) is 2.94. The summed E-state index contributed by atoms with van der Waals surface area (Å²) in [5.41, 5.74) is 2.80. The molecule has 2 heterocycles. The maximum absolute atomic E-state index is 12.8. The predicted octanol–water partition coefficient (Wildman–Crippen LogP) is 5.17. The van der Waals surface area contributed by atoms with Gasteiger partial charge >= 0.3 is 6.18 Å². The summed E-state index contributed by atoms with van der Waals surface area (Å²) in [4.78, 5) is 8.72. The van der Waals surface area contributed by atoms with Crippen LogP contribution in [-0.4, -0.2) is 14.5 Å². The Hall–Kier alpha value is -3.15. The Morgan fingerprint density at radius 3 is 2.23 bits per heavy atom. The van der Waals surface area contributed by atoms with Gasteiger partial charge in [-0.25, -0.2) is 4.98 Å². The SMILES string of the molecule is FC(F)(F)c1ccc(Cn2c(-c3ccncc3)nc3ccccc32)cc1. The largest absolute Gasteiger partial charge is 0.416 e. The summed E-state index contributed by atoms with van der Waals surface area (Å²) in [6.07, 6.45) is -0.948. The number of aromatic nitrogens is 3. The normalized spacial score (nSPS) is 11.8. The monoisotopic (exact) mass is 353 g/mol. The fourth-order valence-electron chi connectivity index (χ4n) is 2.94. The van der Waals surface area contributed by atoms with Crippen LogP contribution in [0.1, 0.15) is 11.1 Å². The van der Waals surface area contributed by atoms with Crippen molar-refractivity contribution in [2.45, 2.75) is 12.7 Å². The zero-order valence-corrected chi connectivity index (χ0v) is 13.6. The van der Waals surface area contributed by atoms with Gasteiger partial charge in [-0.3, -0.25) is 4.98 Å². The Balaban J connectivity index is 1.78. The number of benzene rings is 2. The maximum Gasteiger partial charge on any atom is 0.416 e. The van der Waals surface area contributed by atoms with Gasteiger partial charge in [0.15, 0.2) is 0 Å². The Morgan fingerprint density at radius 2 is 1.54 bits per heavy atom. The quantitative estimate of drug-likeness (QED) is 0.509. The average Bonchev–Trinajstić information content (AvgIpc) is 3.01. The number of hydrogen-bond acceptors (Lipinski definition) is 2. The van der Waals surface area contributed by atoms with E-state index >= 15 is 0 Å². The summed E-state index contributed by atoms with van der Waals surface area (Å²) in [7, 11) is 0. The molecule has 3 nitrogen and oxygen atoms in total. The molecule has 6 heteroatoms. The first-order valence-electron chi connectivity index (χ1n) is 8.04. The van der Waals surface area contributed by atoms with Gasteiger partial charge in [0, 0.05) is 24.5 Å². The van der Waals surface area contributed by atoms with Crippen LogP contribution in [0.5, 0.6) is 0 Å². The molecule has 0 aliphatic heterocycles. The highest BCUT2D eigenvalue weighted by molar-refractivity contribution is 5.80. The highest BCUT2D eigenvalue weighted by Crippen LogP contribution is 2.30. The van der Waals surface area contributed by atoms with Crippen LogP contribution in [0.15, 0.2) is 73.1 Å². The van der Waals surface area contributed by atoms with Gasteiger partial charge < -0.3 is 4.57 Å². The summed E-state index contributed by atoms with van der Waals surface area (Å²) < 4.78 is 40.3. The second-order valence-electron chi connectivity index (χ2n) is 5.94. The van der Waals surface area contributed by atoms with Crippen LogP contribution in [0.3, 0.4) is 0 Å². The summed E-state index contributed by atoms with van der Waals surface area (Å²) in [6.45, 7) is 0.427. The molecule has 4 rings (SSSR count). The van der Waals surface area contributed by atoms with E-state index in [0.717, 1.165) is 40.1 Å². The lowest BCUT2D eigenvalue weighted by Gasteiger charge is -2.11. The molecule has 2 aromatic carbocycles. The second-order valence-corrected chi connectivity index (χ2v) is 5.94. The van der Waals surface area contributed by atoms with Crippen LogP contribution in [0.4, 0.5) is 13.2 Å². The standard InChI is InChI=1S/C20H14F3N3/c21-20(22,23)16-7-5-14(6-8-16)13-26-18-4-2-1-3-17(18)25-19(26)15-9-11-24-12-10-15/h1-12H,13H2. The molecule has 0 amide bonds. The number of nitrogens with zero attached hydrogens (tertiary/aromatic N) is 3. The van der Waals surface area contributed by atoms with Crippen LogP contribution >= 0.6 is 0 Å². The molecular weight excluding hydrogens is 339 g/mol. The van der Waals surface area contributed by atoms with Crippen LogP contribution in [-0.2, 0) is 12.7 Å². The lowest BCUT2D eigenvalue weighted by Crippen LogP contribution is -2.06. The van der Waals surface area contributed by atoms with Gasteiger partial charge in [0.2, 0.25) is 0 Å². The van der Waals surface area contributed by atoms with E-state index in [1.54, 1.807) is 12.4 Å². The van der Waals surface area contributed by atoms with E-state index in [9.17, 15) is 13.2 Å². The van der Waals surface area contributed by atoms with Crippen molar-refractivity contribution in [1.29, 1.82) is 0 Å². The topological polar surface area (TPSA) is 30.7 Å². The lowest BCUT2D eigenvalue weighted by atomic mass is 10.1. The van der Waals surface area contributed by atoms with Crippen molar-refractivity contribution < 1.29 is 13.2 Å². The third-order valence-corrected chi connectivity index (χ3v) is 4.22. The first kappa shape index (κ1) is 16.3. The Bertz CT molecular complexity index is 1040. The highest BCUT2D eigenvalue weighted by Gasteiger charge is 2.29. The molecule has 130 valence electrons. The summed E-state index contributed by atoms with van der Waals surface area (Å²) in [5.74, 6) is 0.758. The molecule has 2 aromatic heterocycles. The lowest BCUT2D eigenvalue weighted by molar-refractivity contribution is -0.137. The van der Waals surface area contributed by atoms with Gasteiger partial charge in [-0.15, -0.1) is 0 Å². The van der Waals surface area contributed by atoms with E-state index in [2.05, 4.69) is 4.98 Å². The Morgan fingerprint density at radius 1 is 0.846 bits per heavy atom. The predicted molar refractivity (Wildman–Crippen MR) is 93.5 cm³/mol. The molecule has 26 heavy (non-hydrogen) atoms. The smallest absolute Gasteiger partial charge is 0.319 e. The number of rotatable bonds is 3. The van der Waals surface area contributed by atoms with Gasteiger partial charge in [0.05, 0.1) is 16.6 Å². The summed E-state index contributed by atoms with van der Waals surface area (Å²) >= 11 is 0. The van der Waals surface area contributed by atoms with Crippen LogP contribution < -0.4 is 0 Å². The maximum atomic E-state index is 12.8. The van der Waals surface area contributed by atoms with Gasteiger partial charge in [-0.1, -0.05) is 24.3 Å². The van der Waals surface area contributed by atoms with Gasteiger partial charge in [0.1, 0.15) is 5.82 Å². The molecule has 0 N–H and O–H groups in total. The molecule has 0 fully saturated rings. The average molecular weight is 353 g/mol. The number of fused-ring (bicyclic) bond motifs is 1. The minimum absolute atomic E-state index is 0.427. The summed E-state index contributed by atoms with van der Waals surface area (Å²) in [6, 6.07) is 16.7. The van der Waals surface area contributed by atoms with Crippen molar-refractivity contribution in [2.75, 3.05) is 0 Å². The Labute approximate surface area is 147 Å². The van der Waals surface area contributed by atoms with Crippen molar-refractivity contribution in [1.82, 2.24) is 14.5 Å². The van der Waals surface area contributed by atoms with Crippen molar-refractivity contribution in [3.05, 3.63) is 84.2 Å². The van der Waals surface area contributed by atoms with E-state index in [1.807, 2.05) is 41.0 Å². The molecule has 0 spiro atoms. The first-order valence-corrected chi connectivity index (χ1v) is 8.04. The van der Waals surface area contributed by atoms with Crippen molar-refractivity contribution in [3.8, 4) is 11.4 Å². The molecule has 0 unspecified atom stereocenters. The van der Waals surface area contributed by atoms with Gasteiger partial charge in [-0.05, 0) is 42.0 Å². The number of hydrogen-bond donors (Lipinski definition) is 0. The van der Waals surface area contributed by atoms with Crippen molar-refractivity contribution in [3.63, 3.8) is 0 Å². The van der Waals surface area contributed by atoms with Gasteiger partial charge in [-0.2, -0.15) is 13.2 Å². The first-order chi connectivity index (χ1) is 12.5. The number of para-hydroxylation sites is 2. The van der Waals surface area contributed by atoms with E-state index in [0.29, 0.717) is 6.54 Å². The number of imidazole rings is 1. The molecule has 0 bridgehead atoms. The zero-order chi connectivity index (χ0) is 18.1. The van der Waals surface area contributed by atoms with Gasteiger partial charge in [0.25, 0.3) is 0 Å². The third kappa shape index (κ3) is 3.06. The molecule has 0 saturated carbocycles. The van der Waals surface area contributed by atoms with E-state index < -0.39 is 11.7 Å². The van der Waals surface area contributed by atoms with E-state index in [4.69, 9.17) is 4.98 Å². The molecule has 0 aliphatic rings. The second kappa shape index (κ2) is 6.29. The Kier molecular flexibility index (Phi) is 3.95. The number of halogens is 3. The molecule has 0 radical (unpaired) electrons. The molecule has 0 atom stereocenters. The van der Waals surface area contributed by atoms with Crippen LogP contribution in [0, 0.1) is 0 Å². The molecule has 0 saturated heterocycles. The third-order valence-electron chi connectivity index (χ3n) is 4.22. The minimum Gasteiger partial charge on any atom is -0.319 e. The van der Waals surface area contributed by atoms with Crippen LogP contribution in [0.25, 0.3) is 22.4 Å². The highest BCUT2D eigenvalue weighted by atomic mass is 19.4. The molecular formula is C20H14F3N3. The fraction of sp³-hybridized carbons (Fsp3) is 0.100. The zero-order valence-electron chi connectivity index (χ0n) is 13.6. The van der Waals surface area contributed by atoms with Crippen LogP contribution in [0.2, 0.25) is 0 Å². The van der Waals surface area contributed by atoms with Crippen molar-refractivity contribution >= 4 is 11.0 Å².